The first-order valence-electron chi connectivity index (χ1n) is 9.89. The van der Waals surface area contributed by atoms with E-state index < -0.39 is 0 Å². The molecule has 6 nitrogen and oxygen atoms in total. The Hall–Kier alpha value is -0.830. The smallest absolute Gasteiger partial charge is 0.193 e. The van der Waals surface area contributed by atoms with E-state index in [2.05, 4.69) is 47.2 Å². The number of likely N-dealkylation sites (N-methyl/N-ethyl adjacent to an activating group) is 1. The summed E-state index contributed by atoms with van der Waals surface area (Å²) in [6.07, 6.45) is 7.68. The van der Waals surface area contributed by atoms with Crippen molar-refractivity contribution in [2.75, 3.05) is 45.8 Å². The van der Waals surface area contributed by atoms with Crippen LogP contribution in [0.25, 0.3) is 0 Å². The standard InChI is InChI=1S/C19H36N6.HI/c1-5-10-24(7-3)12-9-21-19(20-6-2)25-11-8-17(16-25)13-18-14-22-23(4)15-18;/h14-15,17H,5-13,16H2,1-4H3,(H,20,21);1H. The van der Waals surface area contributed by atoms with Crippen molar-refractivity contribution in [3.8, 4) is 0 Å². The Balaban J connectivity index is 0.00000338. The number of aryl methyl sites for hydroxylation is 1. The van der Waals surface area contributed by atoms with Crippen LogP contribution in [0.1, 0.15) is 39.2 Å². The lowest BCUT2D eigenvalue weighted by atomic mass is 10.0. The van der Waals surface area contributed by atoms with Gasteiger partial charge in [-0.1, -0.05) is 13.8 Å². The molecule has 0 aromatic carbocycles. The van der Waals surface area contributed by atoms with Gasteiger partial charge in [0.05, 0.1) is 12.7 Å². The molecular formula is C19H37IN6. The van der Waals surface area contributed by atoms with E-state index in [9.17, 15) is 0 Å². The topological polar surface area (TPSA) is 48.7 Å². The predicted molar refractivity (Wildman–Crippen MR) is 120 cm³/mol. The Morgan fingerprint density at radius 3 is 2.77 bits per heavy atom. The highest BCUT2D eigenvalue weighted by atomic mass is 127. The summed E-state index contributed by atoms with van der Waals surface area (Å²) in [5.41, 5.74) is 1.34. The lowest BCUT2D eigenvalue weighted by Gasteiger charge is -2.23. The summed E-state index contributed by atoms with van der Waals surface area (Å²) in [6.45, 7) is 13.9. The molecule has 1 aliphatic rings. The van der Waals surface area contributed by atoms with Crippen LogP contribution >= 0.6 is 24.0 Å². The maximum Gasteiger partial charge on any atom is 0.193 e. The normalized spacial score (nSPS) is 17.7. The third-order valence-electron chi connectivity index (χ3n) is 4.87. The molecule has 1 N–H and O–H groups in total. The molecule has 1 saturated heterocycles. The molecule has 2 heterocycles. The van der Waals surface area contributed by atoms with Gasteiger partial charge in [-0.05, 0) is 50.8 Å². The molecule has 7 heteroatoms. The van der Waals surface area contributed by atoms with Crippen LogP contribution in [0.5, 0.6) is 0 Å². The number of nitrogens with zero attached hydrogens (tertiary/aromatic N) is 5. The molecule has 0 bridgehead atoms. The van der Waals surface area contributed by atoms with Crippen LogP contribution in [-0.2, 0) is 13.5 Å². The second kappa shape index (κ2) is 12.5. The highest BCUT2D eigenvalue weighted by molar-refractivity contribution is 14.0. The van der Waals surface area contributed by atoms with Crippen molar-refractivity contribution < 1.29 is 0 Å². The number of hydrogen-bond acceptors (Lipinski definition) is 3. The first-order chi connectivity index (χ1) is 12.2. The average molecular weight is 476 g/mol. The van der Waals surface area contributed by atoms with Gasteiger partial charge in [-0.2, -0.15) is 5.10 Å². The summed E-state index contributed by atoms with van der Waals surface area (Å²) in [5.74, 6) is 1.78. The van der Waals surface area contributed by atoms with Gasteiger partial charge >= 0.3 is 0 Å². The van der Waals surface area contributed by atoms with E-state index in [4.69, 9.17) is 4.99 Å². The highest BCUT2D eigenvalue weighted by Crippen LogP contribution is 2.20. The Bertz CT molecular complexity index is 530. The van der Waals surface area contributed by atoms with Gasteiger partial charge in [-0.25, -0.2) is 0 Å². The average Bonchev–Trinajstić information content (AvgIpc) is 3.22. The zero-order valence-electron chi connectivity index (χ0n) is 16.9. The molecule has 0 amide bonds. The largest absolute Gasteiger partial charge is 0.357 e. The highest BCUT2D eigenvalue weighted by Gasteiger charge is 2.25. The Morgan fingerprint density at radius 2 is 2.15 bits per heavy atom. The number of likely N-dealkylation sites (tertiary alicyclic amines) is 1. The van der Waals surface area contributed by atoms with E-state index in [1.807, 2.05) is 17.9 Å². The summed E-state index contributed by atoms with van der Waals surface area (Å²) in [7, 11) is 1.98. The third kappa shape index (κ3) is 7.42. The summed E-state index contributed by atoms with van der Waals surface area (Å²) in [5, 5.41) is 7.76. The van der Waals surface area contributed by atoms with Crippen molar-refractivity contribution in [1.82, 2.24) is 24.9 Å². The Labute approximate surface area is 176 Å². The van der Waals surface area contributed by atoms with Crippen LogP contribution in [-0.4, -0.2) is 71.4 Å². The fourth-order valence-electron chi connectivity index (χ4n) is 3.57. The van der Waals surface area contributed by atoms with Crippen molar-refractivity contribution >= 4 is 29.9 Å². The molecule has 0 spiro atoms. The lowest BCUT2D eigenvalue weighted by molar-refractivity contribution is 0.296. The zero-order valence-corrected chi connectivity index (χ0v) is 19.3. The summed E-state index contributed by atoms with van der Waals surface area (Å²) in [4.78, 5) is 9.79. The quantitative estimate of drug-likeness (QED) is 0.338. The van der Waals surface area contributed by atoms with Crippen LogP contribution in [0, 0.1) is 5.92 Å². The Kier molecular flexibility index (Phi) is 11.2. The lowest BCUT2D eigenvalue weighted by Crippen LogP contribution is -2.40. The van der Waals surface area contributed by atoms with Gasteiger partial charge in [0, 0.05) is 39.4 Å². The molecule has 0 saturated carbocycles. The number of hydrogen-bond donors (Lipinski definition) is 1. The van der Waals surface area contributed by atoms with E-state index in [1.54, 1.807) is 0 Å². The third-order valence-corrected chi connectivity index (χ3v) is 4.87. The summed E-state index contributed by atoms with van der Waals surface area (Å²) in [6, 6.07) is 0. The van der Waals surface area contributed by atoms with Crippen molar-refractivity contribution in [3.63, 3.8) is 0 Å². The van der Waals surface area contributed by atoms with Crippen LogP contribution < -0.4 is 5.32 Å². The van der Waals surface area contributed by atoms with Gasteiger partial charge < -0.3 is 15.1 Å². The van der Waals surface area contributed by atoms with E-state index in [0.717, 1.165) is 51.6 Å². The Morgan fingerprint density at radius 1 is 1.35 bits per heavy atom. The van der Waals surface area contributed by atoms with Gasteiger partial charge in [0.25, 0.3) is 0 Å². The van der Waals surface area contributed by atoms with Crippen molar-refractivity contribution in [3.05, 3.63) is 18.0 Å². The number of halogens is 1. The van der Waals surface area contributed by atoms with E-state index in [-0.39, 0.29) is 24.0 Å². The van der Waals surface area contributed by atoms with E-state index >= 15 is 0 Å². The SMILES string of the molecule is CCCN(CC)CCN=C(NCC)N1CCC(Cc2cnn(C)c2)C1.I. The number of nitrogens with one attached hydrogen (secondary N) is 1. The zero-order chi connectivity index (χ0) is 18.1. The molecule has 1 unspecified atom stereocenters. The molecule has 1 aromatic rings. The second-order valence-corrected chi connectivity index (χ2v) is 7.00. The van der Waals surface area contributed by atoms with Gasteiger partial charge in [-0.15, -0.1) is 24.0 Å². The van der Waals surface area contributed by atoms with Crippen LogP contribution in [0.4, 0.5) is 0 Å². The maximum atomic E-state index is 4.88. The van der Waals surface area contributed by atoms with E-state index in [0.29, 0.717) is 5.92 Å². The molecule has 0 aliphatic carbocycles. The molecule has 150 valence electrons. The monoisotopic (exact) mass is 476 g/mol. The molecule has 1 atom stereocenters. The minimum Gasteiger partial charge on any atom is -0.357 e. The first-order valence-corrected chi connectivity index (χ1v) is 9.89. The molecule has 2 rings (SSSR count). The minimum atomic E-state index is 0. The van der Waals surface area contributed by atoms with Gasteiger partial charge in [0.2, 0.25) is 0 Å². The second-order valence-electron chi connectivity index (χ2n) is 7.00. The molecule has 1 aliphatic heterocycles. The van der Waals surface area contributed by atoms with Crippen LogP contribution in [0.3, 0.4) is 0 Å². The minimum absolute atomic E-state index is 0. The van der Waals surface area contributed by atoms with E-state index in [1.165, 1.54) is 24.9 Å². The first kappa shape index (κ1) is 23.2. The predicted octanol–water partition coefficient (Wildman–Crippen LogP) is 2.60. The molecule has 26 heavy (non-hydrogen) atoms. The molecule has 1 aromatic heterocycles. The van der Waals surface area contributed by atoms with Crippen LogP contribution in [0.15, 0.2) is 17.4 Å². The van der Waals surface area contributed by atoms with Crippen molar-refractivity contribution in [2.24, 2.45) is 18.0 Å². The van der Waals surface area contributed by atoms with Gasteiger partial charge in [0.1, 0.15) is 0 Å². The maximum absolute atomic E-state index is 4.88. The molecular weight excluding hydrogens is 439 g/mol. The number of aromatic nitrogens is 2. The molecule has 0 radical (unpaired) electrons. The fraction of sp³-hybridized carbons (Fsp3) is 0.789. The molecule has 1 fully saturated rings. The summed E-state index contributed by atoms with van der Waals surface area (Å²) >= 11 is 0. The summed E-state index contributed by atoms with van der Waals surface area (Å²) < 4.78 is 1.89. The van der Waals surface area contributed by atoms with Gasteiger partial charge in [0.15, 0.2) is 5.96 Å². The fourth-order valence-corrected chi connectivity index (χ4v) is 3.57. The van der Waals surface area contributed by atoms with Gasteiger partial charge in [-0.3, -0.25) is 9.67 Å². The van der Waals surface area contributed by atoms with Crippen molar-refractivity contribution in [2.45, 2.75) is 40.0 Å². The van der Waals surface area contributed by atoms with Crippen LogP contribution in [0.2, 0.25) is 0 Å². The number of guanidine groups is 1. The van der Waals surface area contributed by atoms with Crippen molar-refractivity contribution in [1.29, 1.82) is 0 Å². The number of rotatable bonds is 9. The number of aliphatic imine (C=N–C) groups is 1.